The van der Waals surface area contributed by atoms with Gasteiger partial charge in [-0.3, -0.25) is 14.6 Å². The van der Waals surface area contributed by atoms with Crippen LogP contribution in [0.25, 0.3) is 0 Å². The van der Waals surface area contributed by atoms with Crippen LogP contribution >= 0.6 is 0 Å². The second-order valence-electron chi connectivity index (χ2n) is 8.98. The molecule has 1 N–H and O–H groups in total. The molecule has 1 atom stereocenters. The van der Waals surface area contributed by atoms with Gasteiger partial charge in [-0.2, -0.15) is 0 Å². The largest absolute Gasteiger partial charge is 0.352 e. The minimum Gasteiger partial charge on any atom is -0.352 e. The fraction of sp³-hybridized carbons (Fsp3) is 0.462. The van der Waals surface area contributed by atoms with Gasteiger partial charge in [-0.05, 0) is 51.7 Å². The van der Waals surface area contributed by atoms with Crippen LogP contribution in [-0.4, -0.2) is 50.9 Å². The first kappa shape index (κ1) is 23.0. The van der Waals surface area contributed by atoms with E-state index in [1.165, 1.54) is 0 Å². The van der Waals surface area contributed by atoms with E-state index in [9.17, 15) is 9.59 Å². The third-order valence-corrected chi connectivity index (χ3v) is 6.60. The summed E-state index contributed by atoms with van der Waals surface area (Å²) in [6.45, 7) is 6.80. The highest BCUT2D eigenvalue weighted by Crippen LogP contribution is 2.31. The molecule has 1 aliphatic carbocycles. The molecule has 33 heavy (non-hydrogen) atoms. The van der Waals surface area contributed by atoms with Crippen LogP contribution in [0.4, 0.5) is 0 Å². The van der Waals surface area contributed by atoms with Crippen molar-refractivity contribution in [2.45, 2.75) is 52.0 Å². The van der Waals surface area contributed by atoms with Gasteiger partial charge in [0.15, 0.2) is 0 Å². The molecule has 3 heterocycles. The van der Waals surface area contributed by atoms with Crippen molar-refractivity contribution in [3.05, 3.63) is 71.6 Å². The third kappa shape index (κ3) is 5.59. The molecule has 0 radical (unpaired) electrons. The number of aromatic nitrogens is 3. The van der Waals surface area contributed by atoms with Crippen LogP contribution in [0.2, 0.25) is 0 Å². The molecule has 1 saturated heterocycles. The number of hydrogen-bond acceptors (Lipinski definition) is 4. The standard InChI is InChI=1S/C26H33N5O2/c1-19-6-3-4-7-22(19)26(33)31-15-10-21(11-16-31)24-23(9-8-20(2)29-24)25(32)28-12-5-14-30-17-13-27-18-30/h4,6-9,13,17-18,21-22H,3,5,10-12,14-16H2,1-2H3,(H,28,32). The fourth-order valence-corrected chi connectivity index (χ4v) is 4.65. The fourth-order valence-electron chi connectivity index (χ4n) is 4.65. The predicted molar refractivity (Wildman–Crippen MR) is 128 cm³/mol. The van der Waals surface area contributed by atoms with Crippen LogP contribution in [0.3, 0.4) is 0 Å². The van der Waals surface area contributed by atoms with Gasteiger partial charge in [-0.25, -0.2) is 4.98 Å². The number of imidazole rings is 1. The smallest absolute Gasteiger partial charge is 0.253 e. The number of amides is 2. The second kappa shape index (κ2) is 10.6. The lowest BCUT2D eigenvalue weighted by molar-refractivity contribution is -0.134. The number of carbonyl (C=O) groups excluding carboxylic acids is 2. The van der Waals surface area contributed by atoms with Crippen LogP contribution in [-0.2, 0) is 11.3 Å². The molecule has 2 amide bonds. The van der Waals surface area contributed by atoms with Gasteiger partial charge in [-0.1, -0.05) is 23.8 Å². The maximum atomic E-state index is 13.0. The molecular formula is C26H33N5O2. The zero-order valence-corrected chi connectivity index (χ0v) is 19.5. The molecule has 0 aromatic carbocycles. The Kier molecular flexibility index (Phi) is 7.37. The first-order valence-corrected chi connectivity index (χ1v) is 11.9. The highest BCUT2D eigenvalue weighted by molar-refractivity contribution is 5.95. The lowest BCUT2D eigenvalue weighted by Gasteiger charge is -2.34. The van der Waals surface area contributed by atoms with Crippen molar-refractivity contribution >= 4 is 11.8 Å². The highest BCUT2D eigenvalue weighted by Gasteiger charge is 2.31. The van der Waals surface area contributed by atoms with Gasteiger partial charge in [0.25, 0.3) is 5.91 Å². The molecule has 0 spiro atoms. The lowest BCUT2D eigenvalue weighted by Crippen LogP contribution is -2.42. The molecule has 7 nitrogen and oxygen atoms in total. The van der Waals surface area contributed by atoms with Crippen LogP contribution in [0.5, 0.6) is 0 Å². The first-order chi connectivity index (χ1) is 16.0. The van der Waals surface area contributed by atoms with Crippen molar-refractivity contribution in [1.29, 1.82) is 0 Å². The maximum Gasteiger partial charge on any atom is 0.253 e. The SMILES string of the molecule is CC1=CCC=CC1C(=O)N1CCC(c2nc(C)ccc2C(=O)NCCCn2ccnc2)CC1. The molecule has 2 aliphatic rings. The molecule has 7 heteroatoms. The first-order valence-electron chi connectivity index (χ1n) is 11.9. The summed E-state index contributed by atoms with van der Waals surface area (Å²) in [6, 6.07) is 3.79. The van der Waals surface area contributed by atoms with E-state index in [2.05, 4.69) is 22.5 Å². The highest BCUT2D eigenvalue weighted by atomic mass is 16.2. The van der Waals surface area contributed by atoms with Gasteiger partial charge in [0.1, 0.15) is 0 Å². The Balaban J connectivity index is 1.36. The summed E-state index contributed by atoms with van der Waals surface area (Å²) in [6.07, 6.45) is 15.1. The summed E-state index contributed by atoms with van der Waals surface area (Å²) >= 11 is 0. The molecule has 4 rings (SSSR count). The Hall–Kier alpha value is -3.22. The molecule has 174 valence electrons. The van der Waals surface area contributed by atoms with Crippen LogP contribution in [0, 0.1) is 12.8 Å². The van der Waals surface area contributed by atoms with E-state index in [4.69, 9.17) is 4.98 Å². The number of nitrogens with zero attached hydrogens (tertiary/aromatic N) is 4. The minimum atomic E-state index is -0.129. The number of likely N-dealkylation sites (tertiary alicyclic amines) is 1. The van der Waals surface area contributed by atoms with Gasteiger partial charge < -0.3 is 14.8 Å². The van der Waals surface area contributed by atoms with Gasteiger partial charge in [0, 0.05) is 50.2 Å². The number of pyridine rings is 1. The Labute approximate surface area is 195 Å². The number of rotatable bonds is 7. The molecule has 1 fully saturated rings. The average Bonchev–Trinajstić information content (AvgIpc) is 3.35. The molecule has 2 aromatic rings. The normalized spacial score (nSPS) is 18.8. The number of carbonyl (C=O) groups is 2. The predicted octanol–water partition coefficient (Wildman–Crippen LogP) is 3.64. The van der Waals surface area contributed by atoms with E-state index in [-0.39, 0.29) is 23.7 Å². The number of hydrogen-bond donors (Lipinski definition) is 1. The maximum absolute atomic E-state index is 13.0. The topological polar surface area (TPSA) is 80.1 Å². The summed E-state index contributed by atoms with van der Waals surface area (Å²) < 4.78 is 2.00. The van der Waals surface area contributed by atoms with E-state index in [1.807, 2.05) is 47.7 Å². The van der Waals surface area contributed by atoms with E-state index in [0.29, 0.717) is 25.2 Å². The number of allylic oxidation sites excluding steroid dienone is 2. The van der Waals surface area contributed by atoms with Crippen molar-refractivity contribution in [2.24, 2.45) is 5.92 Å². The molecule has 1 unspecified atom stereocenters. The Bertz CT molecular complexity index is 1030. The number of aryl methyl sites for hydroxylation is 2. The summed E-state index contributed by atoms with van der Waals surface area (Å²) in [5.74, 6) is 0.163. The zero-order chi connectivity index (χ0) is 23.2. The van der Waals surface area contributed by atoms with Gasteiger partial charge in [0.2, 0.25) is 5.91 Å². The summed E-state index contributed by atoms with van der Waals surface area (Å²) in [5, 5.41) is 3.04. The Morgan fingerprint density at radius 2 is 2.00 bits per heavy atom. The van der Waals surface area contributed by atoms with Crippen molar-refractivity contribution < 1.29 is 9.59 Å². The third-order valence-electron chi connectivity index (χ3n) is 6.60. The average molecular weight is 448 g/mol. The van der Waals surface area contributed by atoms with Gasteiger partial charge >= 0.3 is 0 Å². The van der Waals surface area contributed by atoms with Gasteiger partial charge in [0.05, 0.1) is 23.5 Å². The van der Waals surface area contributed by atoms with Crippen LogP contribution in [0.15, 0.2) is 54.7 Å². The van der Waals surface area contributed by atoms with Crippen molar-refractivity contribution in [3.63, 3.8) is 0 Å². The van der Waals surface area contributed by atoms with Crippen molar-refractivity contribution in [3.8, 4) is 0 Å². The Morgan fingerprint density at radius 1 is 1.18 bits per heavy atom. The summed E-state index contributed by atoms with van der Waals surface area (Å²) in [7, 11) is 0. The zero-order valence-electron chi connectivity index (χ0n) is 19.5. The summed E-state index contributed by atoms with van der Waals surface area (Å²) in [4.78, 5) is 36.7. The molecular weight excluding hydrogens is 414 g/mol. The number of piperidine rings is 1. The summed E-state index contributed by atoms with van der Waals surface area (Å²) in [5.41, 5.74) is 3.56. The second-order valence-corrected chi connectivity index (χ2v) is 8.98. The van der Waals surface area contributed by atoms with Gasteiger partial charge in [-0.15, -0.1) is 0 Å². The minimum absolute atomic E-state index is 0.0743. The quantitative estimate of drug-likeness (QED) is 0.519. The molecule has 0 bridgehead atoms. The molecule has 0 saturated carbocycles. The Morgan fingerprint density at radius 3 is 2.73 bits per heavy atom. The lowest BCUT2D eigenvalue weighted by atomic mass is 9.88. The van der Waals surface area contributed by atoms with Crippen LogP contribution in [0.1, 0.15) is 60.3 Å². The molecule has 2 aromatic heterocycles. The van der Waals surface area contributed by atoms with Crippen molar-refractivity contribution in [2.75, 3.05) is 19.6 Å². The number of nitrogens with one attached hydrogen (secondary N) is 1. The van der Waals surface area contributed by atoms with Crippen LogP contribution < -0.4 is 5.32 Å². The van der Waals surface area contributed by atoms with Crippen molar-refractivity contribution in [1.82, 2.24) is 24.8 Å². The molecule has 1 aliphatic heterocycles. The van der Waals surface area contributed by atoms with E-state index in [1.54, 1.807) is 12.5 Å². The monoisotopic (exact) mass is 447 g/mol. The van der Waals surface area contributed by atoms with E-state index in [0.717, 1.165) is 49.2 Å². The van der Waals surface area contributed by atoms with E-state index >= 15 is 0 Å². The van der Waals surface area contributed by atoms with E-state index < -0.39 is 0 Å².